The van der Waals surface area contributed by atoms with Crippen LogP contribution >= 0.6 is 11.6 Å². The number of quaternary nitrogens is 1. The summed E-state index contributed by atoms with van der Waals surface area (Å²) in [6.07, 6.45) is 8.30. The number of allylic oxidation sites excluding steroid dienone is 1. The highest BCUT2D eigenvalue weighted by atomic mass is 35.5. The topological polar surface area (TPSA) is 113 Å². The van der Waals surface area contributed by atoms with Gasteiger partial charge in [0.1, 0.15) is 11.9 Å². The number of carbonyl (C=O) groups excluding carboxylic acids is 2. The van der Waals surface area contributed by atoms with Crippen molar-refractivity contribution in [3.8, 4) is 5.75 Å². The average Bonchev–Trinajstić information content (AvgIpc) is 2.95. The van der Waals surface area contributed by atoms with E-state index in [0.29, 0.717) is 43.2 Å². The van der Waals surface area contributed by atoms with E-state index in [-0.39, 0.29) is 35.6 Å². The molecule has 5 rings (SSSR count). The largest absolute Gasteiger partial charge is 0.491 e. The molecule has 8 nitrogen and oxygen atoms in total. The molecular weight excluding hydrogens is 598 g/mol. The van der Waals surface area contributed by atoms with Crippen molar-refractivity contribution in [2.45, 2.75) is 57.5 Å². The predicted octanol–water partition coefficient (Wildman–Crippen LogP) is 5.76. The van der Waals surface area contributed by atoms with Crippen LogP contribution in [0.4, 0.5) is 5.69 Å². The first kappa shape index (κ1) is 32.3. The van der Waals surface area contributed by atoms with E-state index in [1.807, 2.05) is 18.2 Å². The highest BCUT2D eigenvalue weighted by Crippen LogP contribution is 2.45. The maximum Gasteiger partial charge on any atom is 0.303 e. The monoisotopic (exact) mass is 640 g/mol. The Kier molecular flexibility index (Phi) is 10.2. The molecule has 3 N–H and O–H groups in total. The van der Waals surface area contributed by atoms with E-state index >= 15 is 0 Å². The lowest BCUT2D eigenvalue weighted by molar-refractivity contribution is -0.157. The first-order chi connectivity index (χ1) is 21.1. The van der Waals surface area contributed by atoms with Crippen molar-refractivity contribution in [1.29, 1.82) is 0 Å². The summed E-state index contributed by atoms with van der Waals surface area (Å²) in [6, 6.07) is 11.5. The lowest BCUT2D eigenvalue weighted by atomic mass is 9.69. The maximum atomic E-state index is 13.3. The molecule has 1 aliphatic heterocycles. The zero-order chi connectivity index (χ0) is 31.4. The predicted molar refractivity (Wildman–Crippen MR) is 174 cm³/mol. The van der Waals surface area contributed by atoms with Gasteiger partial charge in [0.25, 0.3) is 5.91 Å². The number of hydrogen-bond acceptors (Lipinski definition) is 6. The summed E-state index contributed by atoms with van der Waals surface area (Å²) in [7, 11) is -2.92. The molecule has 6 atom stereocenters. The number of fused-ring (bicyclic) bond motifs is 4. The number of benzene rings is 2. The first-order valence-corrected chi connectivity index (χ1v) is 17.6. The van der Waals surface area contributed by atoms with E-state index in [1.165, 1.54) is 18.1 Å². The van der Waals surface area contributed by atoms with Crippen LogP contribution in [0.25, 0.3) is 0 Å². The molecule has 2 aromatic carbocycles. The van der Waals surface area contributed by atoms with Crippen molar-refractivity contribution in [1.82, 2.24) is 0 Å². The van der Waals surface area contributed by atoms with Gasteiger partial charge in [-0.05, 0) is 85.9 Å². The Morgan fingerprint density at radius 1 is 1.23 bits per heavy atom. The number of anilines is 1. The Morgan fingerprint density at radius 3 is 2.75 bits per heavy atom. The Morgan fingerprint density at radius 2 is 2.05 bits per heavy atom. The molecular formula is C34H43ClN3O5S+. The molecule has 0 spiro atoms. The molecule has 1 amide bonds. The Hall–Kier alpha value is -3.14. The van der Waals surface area contributed by atoms with Gasteiger partial charge in [0, 0.05) is 48.4 Å². The highest BCUT2D eigenvalue weighted by molar-refractivity contribution is 7.87. The van der Waals surface area contributed by atoms with Crippen LogP contribution in [0.1, 0.15) is 66.4 Å². The number of esters is 1. The van der Waals surface area contributed by atoms with Crippen molar-refractivity contribution in [2.24, 2.45) is 22.1 Å². The van der Waals surface area contributed by atoms with Crippen LogP contribution in [0.15, 0.2) is 66.1 Å². The summed E-state index contributed by atoms with van der Waals surface area (Å²) in [5, 5.41) is 4.48. The summed E-state index contributed by atoms with van der Waals surface area (Å²) in [5.41, 5.74) is 3.71. The van der Waals surface area contributed by atoms with Crippen molar-refractivity contribution in [3.63, 3.8) is 0 Å². The normalized spacial score (nSPS) is 24.3. The van der Waals surface area contributed by atoms with Crippen LogP contribution in [0.3, 0.4) is 0 Å². The second kappa shape index (κ2) is 13.9. The van der Waals surface area contributed by atoms with Gasteiger partial charge in [-0.2, -0.15) is 4.21 Å². The third-order valence-corrected chi connectivity index (χ3v) is 10.9. The quantitative estimate of drug-likeness (QED) is 0.201. The number of halogens is 1. The van der Waals surface area contributed by atoms with Gasteiger partial charge in [-0.25, -0.2) is 0 Å². The Labute approximate surface area is 265 Å². The lowest BCUT2D eigenvalue weighted by Gasteiger charge is -2.46. The van der Waals surface area contributed by atoms with Crippen molar-refractivity contribution in [2.75, 3.05) is 30.3 Å². The third-order valence-electron chi connectivity index (χ3n) is 9.28. The highest BCUT2D eigenvalue weighted by Gasteiger charge is 2.41. The number of amides is 1. The second-order valence-electron chi connectivity index (χ2n) is 12.3. The molecule has 6 unspecified atom stereocenters. The van der Waals surface area contributed by atoms with Crippen LogP contribution < -0.4 is 14.8 Å². The van der Waals surface area contributed by atoms with Crippen LogP contribution in [0.5, 0.6) is 5.75 Å². The minimum absolute atomic E-state index is 0.158. The molecule has 1 fully saturated rings. The SMILES string of the molecule is C=CCCCS([NH3+])(=O)=NC(=O)c1ccc2c(c1)N(CC1CCC1C(C=C)OC(C)=O)CC1c3ccc(Cl)cc3CCC1CO2. The van der Waals surface area contributed by atoms with Gasteiger partial charge in [0.05, 0.1) is 18.0 Å². The van der Waals surface area contributed by atoms with Gasteiger partial charge in [-0.3, -0.25) is 14.7 Å². The van der Waals surface area contributed by atoms with Gasteiger partial charge >= 0.3 is 5.97 Å². The molecule has 236 valence electrons. The number of rotatable bonds is 10. The van der Waals surface area contributed by atoms with Crippen molar-refractivity contribution >= 4 is 39.1 Å². The van der Waals surface area contributed by atoms with E-state index in [1.54, 1.807) is 18.2 Å². The fourth-order valence-electron chi connectivity index (χ4n) is 6.86. The van der Waals surface area contributed by atoms with E-state index in [9.17, 15) is 13.8 Å². The number of carbonyl (C=O) groups is 2. The molecule has 0 aromatic heterocycles. The van der Waals surface area contributed by atoms with E-state index in [4.69, 9.17) is 21.1 Å². The Balaban J connectivity index is 1.50. The maximum absolute atomic E-state index is 13.3. The molecule has 10 heteroatoms. The van der Waals surface area contributed by atoms with Crippen molar-refractivity contribution < 1.29 is 28.4 Å². The molecule has 1 heterocycles. The fraction of sp³-hybridized carbons (Fsp3) is 0.471. The summed E-state index contributed by atoms with van der Waals surface area (Å²) in [4.78, 5) is 27.4. The van der Waals surface area contributed by atoms with Gasteiger partial charge < -0.3 is 14.4 Å². The standard InChI is InChI=1S/C34H42ClN3O5S/c1-4-6-7-16-44(36,41)37-34(40)24-11-15-33-31(18-24)38(19-25-10-13-29(25)32(5-2)43-22(3)39)20-30-26(21-42-33)9-8-23-17-27(35)12-14-28(23)30/h4-5,11-12,14-15,17-18,25-26,29-30,32H,1-2,6-10,13,16,19-21H2,3H3,(H2,36,37,40,41)/p+1. The number of aryl methyl sites for hydroxylation is 1. The summed E-state index contributed by atoms with van der Waals surface area (Å²) in [5.74, 6) is 1.01. The first-order valence-electron chi connectivity index (χ1n) is 15.4. The molecule has 2 aromatic rings. The zero-order valence-corrected chi connectivity index (χ0v) is 27.0. The molecule has 0 bridgehead atoms. The number of nitrogens with zero attached hydrogens (tertiary/aromatic N) is 2. The zero-order valence-electron chi connectivity index (χ0n) is 25.4. The van der Waals surface area contributed by atoms with E-state index < -0.39 is 15.8 Å². The number of ether oxygens (including phenoxy) is 2. The number of unbranched alkanes of at least 4 members (excludes halogenated alkanes) is 1. The summed E-state index contributed by atoms with van der Waals surface area (Å²) in [6.45, 7) is 11.0. The molecule has 0 saturated heterocycles. The van der Waals surface area contributed by atoms with Crippen molar-refractivity contribution in [3.05, 3.63) is 83.4 Å². The average molecular weight is 641 g/mol. The molecule has 44 heavy (non-hydrogen) atoms. The van der Waals surface area contributed by atoms with Crippen LogP contribution in [-0.4, -0.2) is 47.6 Å². The minimum atomic E-state index is -2.92. The fourth-order valence-corrected chi connectivity index (χ4v) is 8.17. The van der Waals surface area contributed by atoms with Gasteiger partial charge in [0.2, 0.25) is 0 Å². The van der Waals surface area contributed by atoms with Crippen LogP contribution in [0, 0.1) is 17.8 Å². The minimum Gasteiger partial charge on any atom is -0.491 e. The Bertz CT molecular complexity index is 1550. The summed E-state index contributed by atoms with van der Waals surface area (Å²) >= 11 is 6.38. The van der Waals surface area contributed by atoms with E-state index in [2.05, 4.69) is 39.7 Å². The number of hydrogen-bond donors (Lipinski definition) is 1. The summed E-state index contributed by atoms with van der Waals surface area (Å²) < 4.78 is 29.1. The molecule has 3 aliphatic rings. The molecule has 2 aliphatic carbocycles. The smallest absolute Gasteiger partial charge is 0.303 e. The van der Waals surface area contributed by atoms with Gasteiger partial charge in [-0.1, -0.05) is 36.4 Å². The molecule has 1 saturated carbocycles. The van der Waals surface area contributed by atoms with Crippen LogP contribution in [0.2, 0.25) is 5.02 Å². The second-order valence-corrected chi connectivity index (χ2v) is 14.8. The van der Waals surface area contributed by atoms with Gasteiger partial charge in [-0.15, -0.1) is 10.9 Å². The lowest BCUT2D eigenvalue weighted by Crippen LogP contribution is -2.57. The van der Waals surface area contributed by atoms with Crippen LogP contribution in [-0.2, 0) is 25.9 Å². The van der Waals surface area contributed by atoms with E-state index in [0.717, 1.165) is 42.9 Å². The third kappa shape index (κ3) is 7.38. The van der Waals surface area contributed by atoms with Gasteiger partial charge in [0.15, 0.2) is 9.92 Å². The molecule has 0 radical (unpaired) electrons.